The van der Waals surface area contributed by atoms with E-state index in [1.165, 1.54) is 57.3 Å². The fourth-order valence-electron chi connectivity index (χ4n) is 5.67. The van der Waals surface area contributed by atoms with Crippen molar-refractivity contribution < 1.29 is 25.9 Å². The second-order valence-corrected chi connectivity index (χ2v) is 12.3. The summed E-state index contributed by atoms with van der Waals surface area (Å²) in [6.07, 6.45) is 0. The van der Waals surface area contributed by atoms with Crippen LogP contribution in [-0.2, 0) is 20.2 Å². The van der Waals surface area contributed by atoms with Crippen molar-refractivity contribution in [2.45, 2.75) is 9.79 Å². The minimum absolute atomic E-state index is 0.196. The third-order valence-electron chi connectivity index (χ3n) is 7.36. The molecule has 2 N–H and O–H groups in total. The molecule has 0 saturated carbocycles. The molecule has 0 fully saturated rings. The number of rotatable bonds is 2. The van der Waals surface area contributed by atoms with Gasteiger partial charge in [-0.3, -0.25) is 27.5 Å². The lowest BCUT2D eigenvalue weighted by atomic mass is 9.96. The van der Waals surface area contributed by atoms with Crippen molar-refractivity contribution in [2.75, 3.05) is 0 Å². The topological polar surface area (TPSA) is 177 Å². The molecule has 0 unspecified atom stereocenters. The molecular formula is C26H12N4O8S2. The number of nitrogens with zero attached hydrogens (tertiary/aromatic N) is 4. The number of pyridine rings is 2. The Kier molecular flexibility index (Phi) is 4.08. The lowest BCUT2D eigenvalue weighted by Gasteiger charge is -2.12. The van der Waals surface area contributed by atoms with Crippen LogP contribution in [0.5, 0.6) is 0 Å². The number of hydrogen-bond donors (Lipinski definition) is 2. The highest BCUT2D eigenvalue weighted by Crippen LogP contribution is 2.37. The first kappa shape index (κ1) is 23.2. The van der Waals surface area contributed by atoms with E-state index in [9.17, 15) is 35.5 Å². The van der Waals surface area contributed by atoms with Crippen molar-refractivity contribution in [3.8, 4) is 0 Å². The third kappa shape index (κ3) is 2.79. The van der Waals surface area contributed by atoms with Crippen LogP contribution < -0.4 is 11.1 Å². The van der Waals surface area contributed by atoms with E-state index >= 15 is 0 Å². The van der Waals surface area contributed by atoms with E-state index < -0.39 is 31.4 Å². The molecule has 4 aromatic heterocycles. The average molecular weight is 573 g/mol. The van der Waals surface area contributed by atoms with Crippen LogP contribution in [0, 0.1) is 0 Å². The summed E-state index contributed by atoms with van der Waals surface area (Å²) < 4.78 is 68.5. The molecule has 0 aliphatic carbocycles. The van der Waals surface area contributed by atoms with Crippen molar-refractivity contribution in [3.05, 3.63) is 81.4 Å². The molecule has 0 bridgehead atoms. The Bertz CT molecular complexity index is 2610. The van der Waals surface area contributed by atoms with E-state index in [1.54, 1.807) is 12.1 Å². The Morgan fingerprint density at radius 3 is 1.30 bits per heavy atom. The minimum Gasteiger partial charge on any atom is -0.282 e. The van der Waals surface area contributed by atoms with E-state index in [4.69, 9.17) is 0 Å². The lowest BCUT2D eigenvalue weighted by Crippen LogP contribution is -2.16. The van der Waals surface area contributed by atoms with E-state index in [-0.39, 0.29) is 42.9 Å². The number of imidazole rings is 2. The first-order valence-electron chi connectivity index (χ1n) is 11.6. The molecule has 8 rings (SSSR count). The largest absolute Gasteiger partial charge is 0.294 e. The van der Waals surface area contributed by atoms with E-state index in [2.05, 4.69) is 9.97 Å². The molecule has 196 valence electrons. The van der Waals surface area contributed by atoms with Gasteiger partial charge >= 0.3 is 0 Å². The van der Waals surface area contributed by atoms with Crippen LogP contribution in [0.4, 0.5) is 0 Å². The van der Waals surface area contributed by atoms with Crippen molar-refractivity contribution in [2.24, 2.45) is 0 Å². The normalized spacial score (nSPS) is 13.3. The van der Waals surface area contributed by atoms with Crippen molar-refractivity contribution in [1.29, 1.82) is 0 Å². The predicted molar refractivity (Wildman–Crippen MR) is 146 cm³/mol. The van der Waals surface area contributed by atoms with Gasteiger partial charge in [-0.2, -0.15) is 16.8 Å². The van der Waals surface area contributed by atoms with Gasteiger partial charge in [0.15, 0.2) is 0 Å². The molecule has 40 heavy (non-hydrogen) atoms. The molecule has 0 atom stereocenters. The van der Waals surface area contributed by atoms with Crippen molar-refractivity contribution in [1.82, 2.24) is 18.8 Å². The van der Waals surface area contributed by atoms with Gasteiger partial charge in [0.05, 0.1) is 31.9 Å². The monoisotopic (exact) mass is 572 g/mol. The van der Waals surface area contributed by atoms with Crippen molar-refractivity contribution in [3.63, 3.8) is 0 Å². The number of benzene rings is 4. The number of hydrogen-bond acceptors (Lipinski definition) is 8. The molecule has 0 aliphatic rings. The minimum atomic E-state index is -4.53. The molecule has 0 radical (unpaired) electrons. The number of fused-ring (bicyclic) bond motifs is 8. The van der Waals surface area contributed by atoms with E-state index in [1.807, 2.05) is 0 Å². The molecule has 12 nitrogen and oxygen atoms in total. The highest BCUT2D eigenvalue weighted by molar-refractivity contribution is 7.86. The van der Waals surface area contributed by atoms with Crippen LogP contribution in [-0.4, -0.2) is 44.7 Å². The molecule has 8 aromatic rings. The maximum absolute atomic E-state index is 13.8. The standard InChI is InChI=1S/C26H12N4O8S2/c31-25-15-5-6-16-22-14(24-28-18-8-2-12(40(36,37)38)10-20(18)30(24)26(16)32)4-3-13(21(15)22)23-27-17-7-1-11(39(33,34)35)9-19(17)29(23)25/h1-10H,(H,33,34,35)(H,36,37,38). The molecule has 4 heterocycles. The van der Waals surface area contributed by atoms with Gasteiger partial charge in [0.1, 0.15) is 11.3 Å². The SMILES string of the molecule is O=c1c2ccc3c(=O)n4c5cc(S(=O)(=O)O)ccc5nc4c4ccc(c2c34)c2nc3ccc(S(=O)(=O)O)cc3n12. The molecule has 14 heteroatoms. The van der Waals surface area contributed by atoms with Crippen molar-refractivity contribution >= 4 is 85.9 Å². The molecule has 0 saturated heterocycles. The summed E-state index contributed by atoms with van der Waals surface area (Å²) in [6.45, 7) is 0. The van der Waals surface area contributed by atoms with Crippen LogP contribution in [0.15, 0.2) is 80.0 Å². The quantitative estimate of drug-likeness (QED) is 0.231. The highest BCUT2D eigenvalue weighted by Gasteiger charge is 2.23. The van der Waals surface area contributed by atoms with Crippen LogP contribution in [0.1, 0.15) is 0 Å². The first-order valence-corrected chi connectivity index (χ1v) is 14.5. The van der Waals surface area contributed by atoms with Gasteiger partial charge in [-0.15, -0.1) is 0 Å². The fourth-order valence-corrected chi connectivity index (χ4v) is 6.67. The van der Waals surface area contributed by atoms with Crippen LogP contribution in [0.3, 0.4) is 0 Å². The summed E-state index contributed by atoms with van der Waals surface area (Å²) >= 11 is 0. The lowest BCUT2D eigenvalue weighted by molar-refractivity contribution is 0.481. The van der Waals surface area contributed by atoms with Crippen LogP contribution in [0.25, 0.3) is 65.7 Å². The van der Waals surface area contributed by atoms with Crippen LogP contribution >= 0.6 is 0 Å². The summed E-state index contributed by atoms with van der Waals surface area (Å²) in [5.74, 6) is 0. The molecule has 0 aliphatic heterocycles. The van der Waals surface area contributed by atoms with Gasteiger partial charge in [-0.25, -0.2) is 9.97 Å². The smallest absolute Gasteiger partial charge is 0.282 e. The Labute approximate surface area is 221 Å². The third-order valence-corrected chi connectivity index (χ3v) is 9.06. The van der Waals surface area contributed by atoms with Gasteiger partial charge in [0.2, 0.25) is 0 Å². The summed E-state index contributed by atoms with van der Waals surface area (Å²) in [5.41, 5.74) is 0.557. The fraction of sp³-hybridized carbons (Fsp3) is 0. The maximum atomic E-state index is 13.8. The van der Waals surface area contributed by atoms with Gasteiger partial charge in [0, 0.05) is 32.3 Å². The Balaban J connectivity index is 1.58. The molecule has 4 aromatic carbocycles. The predicted octanol–water partition coefficient (Wildman–Crippen LogP) is 2.84. The second-order valence-electron chi connectivity index (χ2n) is 9.47. The maximum Gasteiger partial charge on any atom is 0.294 e. The summed E-state index contributed by atoms with van der Waals surface area (Å²) in [5, 5.41) is 2.53. The van der Waals surface area contributed by atoms with Gasteiger partial charge in [-0.05, 0) is 60.7 Å². The average Bonchev–Trinajstić information content (AvgIpc) is 3.48. The zero-order chi connectivity index (χ0) is 27.9. The summed E-state index contributed by atoms with van der Waals surface area (Å²) in [6, 6.07) is 14.0. The van der Waals surface area contributed by atoms with Gasteiger partial charge < -0.3 is 0 Å². The Morgan fingerprint density at radius 2 is 0.925 bits per heavy atom. The zero-order valence-corrected chi connectivity index (χ0v) is 21.4. The highest BCUT2D eigenvalue weighted by atomic mass is 32.2. The Hall–Kier alpha value is -4.76. The molecule has 0 amide bonds. The first-order chi connectivity index (χ1) is 18.9. The van der Waals surface area contributed by atoms with Gasteiger partial charge in [-0.1, -0.05) is 0 Å². The van der Waals surface area contributed by atoms with Gasteiger partial charge in [0.25, 0.3) is 31.4 Å². The second kappa shape index (κ2) is 7.05. The summed E-state index contributed by atoms with van der Waals surface area (Å²) in [4.78, 5) is 35.9. The Morgan fingerprint density at radius 1 is 0.550 bits per heavy atom. The zero-order valence-electron chi connectivity index (χ0n) is 19.7. The van der Waals surface area contributed by atoms with E-state index in [0.717, 1.165) is 0 Å². The summed E-state index contributed by atoms with van der Waals surface area (Å²) in [7, 11) is -9.05. The van der Waals surface area contributed by atoms with E-state index in [0.29, 0.717) is 32.6 Å². The molecular weight excluding hydrogens is 560 g/mol. The van der Waals surface area contributed by atoms with Crippen LogP contribution in [0.2, 0.25) is 0 Å². The molecule has 0 spiro atoms. The number of aromatic nitrogens is 4.